The highest BCUT2D eigenvalue weighted by atomic mass is 32.2. The quantitative estimate of drug-likeness (QED) is 0.0427. The topological polar surface area (TPSA) is 281 Å². The van der Waals surface area contributed by atoms with Crippen LogP contribution in [0.5, 0.6) is 11.5 Å². The van der Waals surface area contributed by atoms with E-state index < -0.39 is 80.0 Å². The summed E-state index contributed by atoms with van der Waals surface area (Å²) in [7, 11) is -13.9. The molecule has 226 valence electrons. The van der Waals surface area contributed by atoms with Crippen molar-refractivity contribution in [3.63, 3.8) is 0 Å². The lowest BCUT2D eigenvalue weighted by Crippen LogP contribution is -2.12. The molecular formula is C20H18N4O14S4. The average Bonchev–Trinajstić information content (AvgIpc) is 2.91. The molecule has 3 aromatic rings. The number of rotatable bonds is 13. The van der Waals surface area contributed by atoms with Gasteiger partial charge in [0.2, 0.25) is 0 Å². The van der Waals surface area contributed by atoms with Gasteiger partial charge in [-0.05, 0) is 30.3 Å². The highest BCUT2D eigenvalue weighted by Gasteiger charge is 2.22. The van der Waals surface area contributed by atoms with E-state index in [0.29, 0.717) is 6.07 Å². The van der Waals surface area contributed by atoms with E-state index in [-0.39, 0.29) is 23.7 Å². The molecule has 0 heterocycles. The molecule has 18 nitrogen and oxygen atoms in total. The molecule has 0 radical (unpaired) electrons. The molecule has 0 saturated carbocycles. The van der Waals surface area contributed by atoms with E-state index in [1.165, 1.54) is 18.2 Å². The fourth-order valence-corrected chi connectivity index (χ4v) is 5.77. The second-order valence-corrected chi connectivity index (χ2v) is 13.0. The van der Waals surface area contributed by atoms with Gasteiger partial charge in [-0.3, -0.25) is 13.3 Å². The maximum absolute atomic E-state index is 12.5. The van der Waals surface area contributed by atoms with Crippen LogP contribution in [-0.4, -0.2) is 62.2 Å². The van der Waals surface area contributed by atoms with Gasteiger partial charge in [0.15, 0.2) is 22.2 Å². The zero-order valence-corrected chi connectivity index (χ0v) is 23.7. The van der Waals surface area contributed by atoms with Crippen LogP contribution in [0.15, 0.2) is 89.7 Å². The number of hydrogen-bond acceptors (Lipinski definition) is 17. The van der Waals surface area contributed by atoms with E-state index >= 15 is 0 Å². The molecular weight excluding hydrogens is 649 g/mol. The molecule has 5 N–H and O–H groups in total. The molecule has 0 aromatic heterocycles. The number of sulfone groups is 1. The first-order valence-electron chi connectivity index (χ1n) is 10.7. The Morgan fingerprint density at radius 3 is 1.81 bits per heavy atom. The van der Waals surface area contributed by atoms with Gasteiger partial charge in [0.25, 0.3) is 20.2 Å². The van der Waals surface area contributed by atoms with Gasteiger partial charge in [0, 0.05) is 12.1 Å². The summed E-state index contributed by atoms with van der Waals surface area (Å²) in [5, 5.41) is 46.2. The molecule has 22 heteroatoms. The normalized spacial score (nSPS) is 12.8. The summed E-state index contributed by atoms with van der Waals surface area (Å²) in [6.07, 6.45) is 0. The Kier molecular flexibility index (Phi) is 10.7. The fraction of sp³-hybridized carbons (Fsp3) is 0.100. The maximum Gasteiger partial charge on any atom is 0.296 e. The zero-order chi connectivity index (χ0) is 31.1. The van der Waals surface area contributed by atoms with Gasteiger partial charge in [-0.2, -0.15) is 16.8 Å². The van der Waals surface area contributed by atoms with Crippen LogP contribution in [-0.2, 0) is 43.6 Å². The second kappa shape index (κ2) is 13.6. The molecule has 0 unspecified atom stereocenters. The van der Waals surface area contributed by atoms with E-state index in [0.717, 1.165) is 30.3 Å². The molecule has 0 saturated heterocycles. The molecule has 0 bridgehead atoms. The van der Waals surface area contributed by atoms with Gasteiger partial charge in [-0.25, -0.2) is 13.7 Å². The average molecular weight is 667 g/mol. The van der Waals surface area contributed by atoms with Crippen LogP contribution in [0.25, 0.3) is 0 Å². The van der Waals surface area contributed by atoms with Gasteiger partial charge in [-0.15, -0.1) is 24.8 Å². The second-order valence-electron chi connectivity index (χ2n) is 7.63. The van der Waals surface area contributed by atoms with Crippen LogP contribution >= 0.6 is 12.3 Å². The van der Waals surface area contributed by atoms with Crippen LogP contribution < -0.4 is 0 Å². The Labute approximate surface area is 241 Å². The Bertz CT molecular complexity index is 1850. The minimum Gasteiger partial charge on any atom is -0.505 e. The van der Waals surface area contributed by atoms with Gasteiger partial charge in [-0.1, -0.05) is 17.2 Å². The van der Waals surface area contributed by atoms with E-state index in [9.17, 15) is 44.6 Å². The number of phenols is 2. The molecule has 0 spiro atoms. The van der Waals surface area contributed by atoms with Crippen molar-refractivity contribution >= 4 is 65.1 Å². The number of aromatic hydroxyl groups is 2. The smallest absolute Gasteiger partial charge is 0.296 e. The van der Waals surface area contributed by atoms with Crippen LogP contribution in [0.4, 0.5) is 22.7 Å². The molecule has 0 fully saturated rings. The summed E-state index contributed by atoms with van der Waals surface area (Å²) in [6, 6.07) is 9.17. The molecule has 3 rings (SSSR count). The van der Waals surface area contributed by atoms with Gasteiger partial charge >= 0.3 is 0 Å². The molecule has 0 amide bonds. The van der Waals surface area contributed by atoms with Crippen molar-refractivity contribution in [2.24, 2.45) is 20.5 Å². The van der Waals surface area contributed by atoms with E-state index in [1.807, 2.05) is 0 Å². The number of phenolic OH excluding ortho intramolecular Hbond substituents is 2. The van der Waals surface area contributed by atoms with Crippen molar-refractivity contribution in [2.45, 2.75) is 14.7 Å². The minimum atomic E-state index is -5.06. The van der Waals surface area contributed by atoms with Crippen molar-refractivity contribution < 1.29 is 63.4 Å². The first-order chi connectivity index (χ1) is 19.6. The van der Waals surface area contributed by atoms with Gasteiger partial charge in [0.05, 0.1) is 17.3 Å². The molecule has 0 aliphatic carbocycles. The number of nitrogens with zero attached hydrogens (tertiary/aromatic N) is 4. The van der Waals surface area contributed by atoms with E-state index in [4.69, 9.17) is 5.26 Å². The van der Waals surface area contributed by atoms with Crippen molar-refractivity contribution in [1.29, 1.82) is 0 Å². The van der Waals surface area contributed by atoms with Crippen molar-refractivity contribution in [3.8, 4) is 11.5 Å². The summed E-state index contributed by atoms with van der Waals surface area (Å²) in [6.45, 7) is -0.472. The molecule has 0 aliphatic rings. The Balaban J connectivity index is 1.94. The summed E-state index contributed by atoms with van der Waals surface area (Å²) in [5.41, 5.74) is -1.61. The number of benzene rings is 3. The third-order valence-electron chi connectivity index (χ3n) is 4.86. The van der Waals surface area contributed by atoms with Crippen LogP contribution in [0.2, 0.25) is 0 Å². The van der Waals surface area contributed by atoms with E-state index in [2.05, 4.69) is 34.0 Å². The van der Waals surface area contributed by atoms with Crippen molar-refractivity contribution in [3.05, 3.63) is 54.6 Å². The molecule has 0 aliphatic heterocycles. The van der Waals surface area contributed by atoms with E-state index in [1.54, 1.807) is 0 Å². The Morgan fingerprint density at radius 1 is 0.690 bits per heavy atom. The maximum atomic E-state index is 12.5. The van der Waals surface area contributed by atoms with Crippen LogP contribution in [0, 0.1) is 0 Å². The number of azo groups is 2. The third kappa shape index (κ3) is 8.71. The molecule has 0 atom stereocenters. The lowest BCUT2D eigenvalue weighted by atomic mass is 10.2. The summed E-state index contributed by atoms with van der Waals surface area (Å²) in [5.74, 6) is -1.98. The Hall–Kier alpha value is -3.58. The summed E-state index contributed by atoms with van der Waals surface area (Å²) < 4.78 is 99.6. The van der Waals surface area contributed by atoms with Crippen molar-refractivity contribution in [2.75, 3.05) is 12.4 Å². The van der Waals surface area contributed by atoms with Crippen LogP contribution in [0.3, 0.4) is 0 Å². The fourth-order valence-electron chi connectivity index (χ4n) is 2.99. The third-order valence-corrected chi connectivity index (χ3v) is 8.70. The lowest BCUT2D eigenvalue weighted by Gasteiger charge is -2.08. The standard InChI is InChI=1S/C20H18N4O14S4/c25-17-11-18(26)16(10-15(17)23-21-13-3-1-2-4-19(13)41(30,31)32)24-22-14-6-5-12(9-20(14)42(33,34)35)40(28,29)8-7-36-39-38-37-27/h1-6,9-11,25-27H,7-8H2,(H,30,31,32)(H,33,34,35). The lowest BCUT2D eigenvalue weighted by molar-refractivity contribution is -0.434. The van der Waals surface area contributed by atoms with Crippen molar-refractivity contribution in [1.82, 2.24) is 0 Å². The monoisotopic (exact) mass is 666 g/mol. The number of hydrogen-bond donors (Lipinski definition) is 5. The first-order valence-corrected chi connectivity index (χ1v) is 15.9. The van der Waals surface area contributed by atoms with Gasteiger partial charge in [0.1, 0.15) is 44.0 Å². The predicted molar refractivity (Wildman–Crippen MR) is 141 cm³/mol. The summed E-state index contributed by atoms with van der Waals surface area (Å²) >= 11 is 0.127. The van der Waals surface area contributed by atoms with Gasteiger partial charge < -0.3 is 10.2 Å². The first kappa shape index (κ1) is 32.9. The largest absolute Gasteiger partial charge is 0.505 e. The SMILES string of the molecule is O=S(=O)(O)c1ccccc1N=Nc1cc(N=Nc2ccc(S(=O)(=O)CCOSOOO)cc2S(=O)(=O)O)c(O)cc1O. The Morgan fingerprint density at radius 2 is 1.24 bits per heavy atom. The molecule has 42 heavy (non-hydrogen) atoms. The minimum absolute atomic E-state index is 0.127. The summed E-state index contributed by atoms with van der Waals surface area (Å²) in [4.78, 5) is -2.08. The highest BCUT2D eigenvalue weighted by molar-refractivity contribution is 7.91. The highest BCUT2D eigenvalue weighted by Crippen LogP contribution is 2.40. The predicted octanol–water partition coefficient (Wildman–Crippen LogP) is 4.20. The molecule has 3 aromatic carbocycles. The van der Waals surface area contributed by atoms with Crippen LogP contribution in [0.1, 0.15) is 0 Å². The zero-order valence-electron chi connectivity index (χ0n) is 20.4.